The third-order valence-electron chi connectivity index (χ3n) is 2.31. The highest BCUT2D eigenvalue weighted by molar-refractivity contribution is 5.92. The molecule has 0 aliphatic rings. The van der Waals surface area contributed by atoms with Gasteiger partial charge in [0.15, 0.2) is 0 Å². The van der Waals surface area contributed by atoms with Crippen LogP contribution in [-0.4, -0.2) is 38.0 Å². The van der Waals surface area contributed by atoms with Crippen molar-refractivity contribution in [2.75, 3.05) is 7.05 Å². The molecule has 0 spiro atoms. The second-order valence-corrected chi connectivity index (χ2v) is 3.64. The summed E-state index contributed by atoms with van der Waals surface area (Å²) >= 11 is 0. The van der Waals surface area contributed by atoms with Gasteiger partial charge in [0, 0.05) is 13.2 Å². The third-order valence-corrected chi connectivity index (χ3v) is 2.31. The van der Waals surface area contributed by atoms with E-state index in [1.807, 2.05) is 6.07 Å². The lowest BCUT2D eigenvalue weighted by molar-refractivity contribution is 0.0776. The van der Waals surface area contributed by atoms with E-state index < -0.39 is 0 Å². The predicted octanol–water partition coefficient (Wildman–Crippen LogP) is 0.344. The molecule has 0 saturated carbocycles. The first-order valence-electron chi connectivity index (χ1n) is 5.16. The zero-order valence-electron chi connectivity index (χ0n) is 9.66. The quantitative estimate of drug-likeness (QED) is 0.836. The van der Waals surface area contributed by atoms with Gasteiger partial charge >= 0.3 is 0 Å². The van der Waals surface area contributed by atoms with Crippen LogP contribution in [0.25, 0.3) is 0 Å². The fourth-order valence-electron chi connectivity index (χ4n) is 1.39. The minimum Gasteiger partial charge on any atom is -0.333 e. The Bertz CT molecular complexity index is 569. The molecular weight excluding hydrogens is 232 g/mol. The highest BCUT2D eigenvalue weighted by Gasteiger charge is 2.14. The summed E-state index contributed by atoms with van der Waals surface area (Å²) in [5.74, 6) is 0.357. The third kappa shape index (κ3) is 2.49. The summed E-state index contributed by atoms with van der Waals surface area (Å²) in [5.41, 5.74) is 0.709. The minimum atomic E-state index is -0.240. The molecule has 90 valence electrons. The molecule has 2 aromatic heterocycles. The van der Waals surface area contributed by atoms with Gasteiger partial charge in [0.05, 0.1) is 12.1 Å². The van der Waals surface area contributed by atoms with Gasteiger partial charge in [-0.25, -0.2) is 9.97 Å². The van der Waals surface area contributed by atoms with Crippen LogP contribution in [0.2, 0.25) is 0 Å². The lowest BCUT2D eigenvalue weighted by atomic mass is 10.2. The van der Waals surface area contributed by atoms with Gasteiger partial charge in [0.1, 0.15) is 23.9 Å². The number of carbonyl (C=O) groups is 1. The number of H-pyrrole nitrogens is 1. The smallest absolute Gasteiger partial charge is 0.272 e. The number of aromatic nitrogens is 4. The van der Waals surface area contributed by atoms with Crippen LogP contribution in [-0.2, 0) is 6.54 Å². The van der Waals surface area contributed by atoms with Crippen LogP contribution in [0.3, 0.4) is 0 Å². The van der Waals surface area contributed by atoms with Gasteiger partial charge in [-0.1, -0.05) is 0 Å². The molecule has 7 nitrogen and oxygen atoms in total. The standard InChI is InChI=1S/C11H10N6O/c1-17(6-10-14-7-15-16-10)11(18)9-3-2-8(4-12)5-13-9/h2-3,5,7H,6H2,1H3,(H,14,15,16). The van der Waals surface area contributed by atoms with Gasteiger partial charge in [-0.3, -0.25) is 9.89 Å². The Hall–Kier alpha value is -2.75. The average Bonchev–Trinajstić information content (AvgIpc) is 2.91. The lowest BCUT2D eigenvalue weighted by Gasteiger charge is -2.14. The molecule has 0 fully saturated rings. The Kier molecular flexibility index (Phi) is 3.29. The van der Waals surface area contributed by atoms with Crippen molar-refractivity contribution in [3.8, 4) is 6.07 Å². The number of nitrogens with zero attached hydrogens (tertiary/aromatic N) is 5. The van der Waals surface area contributed by atoms with Gasteiger partial charge in [-0.2, -0.15) is 10.4 Å². The van der Waals surface area contributed by atoms with Gasteiger partial charge in [-0.05, 0) is 12.1 Å². The van der Waals surface area contributed by atoms with E-state index in [2.05, 4.69) is 20.2 Å². The fraction of sp³-hybridized carbons (Fsp3) is 0.182. The molecule has 0 atom stereocenters. The van der Waals surface area contributed by atoms with Crippen LogP contribution >= 0.6 is 0 Å². The second-order valence-electron chi connectivity index (χ2n) is 3.64. The molecule has 2 rings (SSSR count). The Labute approximate surface area is 103 Å². The van der Waals surface area contributed by atoms with Crippen LogP contribution < -0.4 is 0 Å². The summed E-state index contributed by atoms with van der Waals surface area (Å²) in [5, 5.41) is 15.0. The molecular formula is C11H10N6O. The Morgan fingerprint density at radius 2 is 2.33 bits per heavy atom. The van der Waals surface area contributed by atoms with E-state index in [9.17, 15) is 4.79 Å². The number of aromatic amines is 1. The van der Waals surface area contributed by atoms with Crippen molar-refractivity contribution in [1.82, 2.24) is 25.1 Å². The zero-order chi connectivity index (χ0) is 13.0. The summed E-state index contributed by atoms with van der Waals surface area (Å²) in [6.07, 6.45) is 2.75. The monoisotopic (exact) mass is 242 g/mol. The topological polar surface area (TPSA) is 98.6 Å². The summed E-state index contributed by atoms with van der Waals surface area (Å²) in [4.78, 5) is 21.3. The molecule has 0 saturated heterocycles. The van der Waals surface area contributed by atoms with Gasteiger partial charge in [0.25, 0.3) is 5.91 Å². The first-order chi connectivity index (χ1) is 8.70. The van der Waals surface area contributed by atoms with Crippen LogP contribution in [0.15, 0.2) is 24.7 Å². The van der Waals surface area contributed by atoms with E-state index in [1.54, 1.807) is 13.1 Å². The maximum absolute atomic E-state index is 12.0. The second kappa shape index (κ2) is 5.05. The van der Waals surface area contributed by atoms with Crippen molar-refractivity contribution in [2.24, 2.45) is 0 Å². The van der Waals surface area contributed by atoms with E-state index in [0.717, 1.165) is 0 Å². The summed E-state index contributed by atoms with van der Waals surface area (Å²) < 4.78 is 0. The lowest BCUT2D eigenvalue weighted by Crippen LogP contribution is -2.27. The van der Waals surface area contributed by atoms with Crippen molar-refractivity contribution in [1.29, 1.82) is 5.26 Å². The highest BCUT2D eigenvalue weighted by atomic mass is 16.2. The van der Waals surface area contributed by atoms with Gasteiger partial charge < -0.3 is 4.90 Å². The van der Waals surface area contributed by atoms with Crippen LogP contribution in [0.1, 0.15) is 21.9 Å². The molecule has 0 unspecified atom stereocenters. The molecule has 0 aromatic carbocycles. The average molecular weight is 242 g/mol. The maximum Gasteiger partial charge on any atom is 0.272 e. The Morgan fingerprint density at radius 1 is 1.50 bits per heavy atom. The van der Waals surface area contributed by atoms with Crippen molar-refractivity contribution in [3.05, 3.63) is 41.7 Å². The van der Waals surface area contributed by atoms with Crippen molar-refractivity contribution < 1.29 is 4.79 Å². The summed E-state index contributed by atoms with van der Waals surface area (Å²) in [6, 6.07) is 5.03. The maximum atomic E-state index is 12.0. The largest absolute Gasteiger partial charge is 0.333 e. The molecule has 0 aliphatic carbocycles. The SMILES string of the molecule is CN(Cc1ncn[nH]1)C(=O)c1ccc(C#N)cn1. The van der Waals surface area contributed by atoms with Gasteiger partial charge in [0.2, 0.25) is 0 Å². The Morgan fingerprint density at radius 3 is 2.89 bits per heavy atom. The molecule has 0 radical (unpaired) electrons. The summed E-state index contributed by atoms with van der Waals surface area (Å²) in [7, 11) is 1.64. The van der Waals surface area contributed by atoms with E-state index >= 15 is 0 Å². The number of hydrogen-bond acceptors (Lipinski definition) is 5. The van der Waals surface area contributed by atoms with Crippen molar-refractivity contribution in [3.63, 3.8) is 0 Å². The number of rotatable bonds is 3. The van der Waals surface area contributed by atoms with E-state index in [-0.39, 0.29) is 11.6 Å². The Balaban J connectivity index is 2.08. The molecule has 1 N–H and O–H groups in total. The number of nitrogens with one attached hydrogen (secondary N) is 1. The van der Waals surface area contributed by atoms with Crippen molar-refractivity contribution >= 4 is 5.91 Å². The van der Waals surface area contributed by atoms with E-state index in [4.69, 9.17) is 5.26 Å². The molecule has 7 heteroatoms. The van der Waals surface area contributed by atoms with Gasteiger partial charge in [-0.15, -0.1) is 0 Å². The van der Waals surface area contributed by atoms with Crippen molar-refractivity contribution in [2.45, 2.75) is 6.54 Å². The molecule has 0 bridgehead atoms. The molecule has 0 aliphatic heterocycles. The molecule has 18 heavy (non-hydrogen) atoms. The predicted molar refractivity (Wildman–Crippen MR) is 61.1 cm³/mol. The highest BCUT2D eigenvalue weighted by Crippen LogP contribution is 2.04. The van der Waals surface area contributed by atoms with E-state index in [1.165, 1.54) is 23.5 Å². The number of hydrogen-bond donors (Lipinski definition) is 1. The number of carbonyl (C=O) groups excluding carboxylic acids is 1. The normalized spacial score (nSPS) is 9.78. The number of pyridine rings is 1. The fourth-order valence-corrected chi connectivity index (χ4v) is 1.39. The number of amides is 1. The molecule has 2 aromatic rings. The number of nitriles is 1. The zero-order valence-corrected chi connectivity index (χ0v) is 9.66. The first-order valence-corrected chi connectivity index (χ1v) is 5.16. The van der Waals surface area contributed by atoms with Crippen LogP contribution in [0.5, 0.6) is 0 Å². The first kappa shape index (κ1) is 11.7. The molecule has 2 heterocycles. The van der Waals surface area contributed by atoms with E-state index in [0.29, 0.717) is 17.9 Å². The molecule has 1 amide bonds. The summed E-state index contributed by atoms with van der Waals surface area (Å²) in [6.45, 7) is 0.320. The van der Waals surface area contributed by atoms with Crippen LogP contribution in [0, 0.1) is 11.3 Å². The minimum absolute atomic E-state index is 0.240. The van der Waals surface area contributed by atoms with Crippen LogP contribution in [0.4, 0.5) is 0 Å².